The van der Waals surface area contributed by atoms with E-state index in [2.05, 4.69) is 10.6 Å². The second kappa shape index (κ2) is 7.13. The maximum atomic E-state index is 13.7. The molecule has 0 spiro atoms. The lowest BCUT2D eigenvalue weighted by Gasteiger charge is -2.20. The average Bonchev–Trinajstić information content (AvgIpc) is 2.49. The topological polar surface area (TPSA) is 41.1 Å². The first-order valence-corrected chi connectivity index (χ1v) is 7.04. The van der Waals surface area contributed by atoms with Crippen LogP contribution in [0.2, 0.25) is 0 Å². The Hall–Kier alpha value is -2.27. The van der Waals surface area contributed by atoms with E-state index in [1.165, 1.54) is 30.3 Å². The molecule has 0 aliphatic carbocycles. The highest BCUT2D eigenvalue weighted by Gasteiger charge is 2.18. The van der Waals surface area contributed by atoms with Crippen LogP contribution >= 0.6 is 0 Å². The second-order valence-corrected chi connectivity index (χ2v) is 5.13. The van der Waals surface area contributed by atoms with Crippen molar-refractivity contribution in [2.75, 3.05) is 5.32 Å². The van der Waals surface area contributed by atoms with E-state index >= 15 is 0 Å². The molecule has 0 fully saturated rings. The molecule has 0 heterocycles. The molecular formula is C17H18F2N2O. The highest BCUT2D eigenvalue weighted by molar-refractivity contribution is 5.94. The molecule has 0 aromatic heterocycles. The van der Waals surface area contributed by atoms with Crippen LogP contribution in [0.4, 0.5) is 14.5 Å². The van der Waals surface area contributed by atoms with Crippen molar-refractivity contribution in [1.29, 1.82) is 0 Å². The largest absolute Gasteiger partial charge is 0.325 e. The number of rotatable bonds is 5. The van der Waals surface area contributed by atoms with Gasteiger partial charge in [0, 0.05) is 17.3 Å². The molecular weight excluding hydrogens is 286 g/mol. The summed E-state index contributed by atoms with van der Waals surface area (Å²) in [5.74, 6) is -0.944. The third-order valence-corrected chi connectivity index (χ3v) is 3.38. The van der Waals surface area contributed by atoms with Crippen LogP contribution in [0.5, 0.6) is 0 Å². The van der Waals surface area contributed by atoms with E-state index in [1.54, 1.807) is 32.0 Å². The van der Waals surface area contributed by atoms with Crippen molar-refractivity contribution >= 4 is 11.6 Å². The van der Waals surface area contributed by atoms with Gasteiger partial charge in [0.2, 0.25) is 5.91 Å². The fourth-order valence-corrected chi connectivity index (χ4v) is 2.15. The van der Waals surface area contributed by atoms with Gasteiger partial charge in [-0.15, -0.1) is 0 Å². The minimum atomic E-state index is -0.528. The molecule has 5 heteroatoms. The Labute approximate surface area is 128 Å². The molecule has 116 valence electrons. The van der Waals surface area contributed by atoms with Crippen LogP contribution in [-0.2, 0) is 4.79 Å². The van der Waals surface area contributed by atoms with E-state index in [0.717, 1.165) is 0 Å². The number of carbonyl (C=O) groups is 1. The Morgan fingerprint density at radius 1 is 1.00 bits per heavy atom. The molecule has 0 aliphatic heterocycles. The third kappa shape index (κ3) is 4.11. The first-order valence-electron chi connectivity index (χ1n) is 7.04. The van der Waals surface area contributed by atoms with Gasteiger partial charge >= 0.3 is 0 Å². The quantitative estimate of drug-likeness (QED) is 0.885. The van der Waals surface area contributed by atoms with Crippen LogP contribution in [0.1, 0.15) is 25.5 Å². The fraction of sp³-hybridized carbons (Fsp3) is 0.235. The van der Waals surface area contributed by atoms with Crippen molar-refractivity contribution < 1.29 is 13.6 Å². The third-order valence-electron chi connectivity index (χ3n) is 3.38. The summed E-state index contributed by atoms with van der Waals surface area (Å²) in [6.07, 6.45) is 0. The second-order valence-electron chi connectivity index (χ2n) is 5.13. The molecule has 0 radical (unpaired) electrons. The van der Waals surface area contributed by atoms with Gasteiger partial charge < -0.3 is 5.32 Å². The lowest BCUT2D eigenvalue weighted by Crippen LogP contribution is -2.39. The summed E-state index contributed by atoms with van der Waals surface area (Å²) in [5.41, 5.74) is 1.02. The van der Waals surface area contributed by atoms with E-state index < -0.39 is 6.04 Å². The first kappa shape index (κ1) is 16.1. The van der Waals surface area contributed by atoms with E-state index in [1.807, 2.05) is 0 Å². The zero-order valence-corrected chi connectivity index (χ0v) is 12.4. The Kier molecular flexibility index (Phi) is 5.22. The lowest BCUT2D eigenvalue weighted by atomic mass is 10.1. The van der Waals surface area contributed by atoms with E-state index in [0.29, 0.717) is 11.3 Å². The van der Waals surface area contributed by atoms with E-state index in [-0.39, 0.29) is 23.6 Å². The SMILES string of the molecule is CC(NC(C)c1ccccc1F)C(=O)Nc1ccc(F)cc1. The molecule has 2 unspecified atom stereocenters. The van der Waals surface area contributed by atoms with E-state index in [9.17, 15) is 13.6 Å². The standard InChI is InChI=1S/C17H18F2N2O/c1-11(15-5-3-4-6-16(15)19)20-12(2)17(22)21-14-9-7-13(18)8-10-14/h3-12,20H,1-2H3,(H,21,22). The molecule has 2 aromatic carbocycles. The first-order chi connectivity index (χ1) is 10.5. The summed E-state index contributed by atoms with van der Waals surface area (Å²) in [6, 6.07) is 11.1. The summed E-state index contributed by atoms with van der Waals surface area (Å²) >= 11 is 0. The molecule has 1 amide bonds. The van der Waals surface area contributed by atoms with Crippen molar-refractivity contribution in [1.82, 2.24) is 5.32 Å². The fourth-order valence-electron chi connectivity index (χ4n) is 2.15. The smallest absolute Gasteiger partial charge is 0.241 e. The summed E-state index contributed by atoms with van der Waals surface area (Å²) in [4.78, 5) is 12.1. The normalized spacial score (nSPS) is 13.5. The van der Waals surface area contributed by atoms with Crippen LogP contribution in [0, 0.1) is 11.6 Å². The van der Waals surface area contributed by atoms with Crippen LogP contribution in [-0.4, -0.2) is 11.9 Å². The number of anilines is 1. The Morgan fingerprint density at radius 3 is 2.27 bits per heavy atom. The highest BCUT2D eigenvalue weighted by Crippen LogP contribution is 2.17. The van der Waals surface area contributed by atoms with Gasteiger partial charge in [-0.05, 0) is 44.2 Å². The minimum absolute atomic E-state index is 0.269. The molecule has 2 rings (SSSR count). The molecule has 2 atom stereocenters. The van der Waals surface area contributed by atoms with Gasteiger partial charge in [-0.1, -0.05) is 18.2 Å². The van der Waals surface area contributed by atoms with Gasteiger partial charge in [0.1, 0.15) is 11.6 Å². The number of benzene rings is 2. The van der Waals surface area contributed by atoms with Crippen molar-refractivity contribution in [3.05, 3.63) is 65.7 Å². The van der Waals surface area contributed by atoms with Gasteiger partial charge in [-0.3, -0.25) is 10.1 Å². The molecule has 3 nitrogen and oxygen atoms in total. The maximum absolute atomic E-state index is 13.7. The Bertz CT molecular complexity index is 643. The predicted octanol–water partition coefficient (Wildman–Crippen LogP) is 3.64. The van der Waals surface area contributed by atoms with Crippen LogP contribution in [0.3, 0.4) is 0 Å². The number of nitrogens with one attached hydrogen (secondary N) is 2. The Morgan fingerprint density at radius 2 is 1.64 bits per heavy atom. The van der Waals surface area contributed by atoms with Crippen LogP contribution in [0.15, 0.2) is 48.5 Å². The highest BCUT2D eigenvalue weighted by atomic mass is 19.1. The van der Waals surface area contributed by atoms with Crippen molar-refractivity contribution in [3.8, 4) is 0 Å². The number of carbonyl (C=O) groups excluding carboxylic acids is 1. The van der Waals surface area contributed by atoms with Gasteiger partial charge in [-0.25, -0.2) is 8.78 Å². The van der Waals surface area contributed by atoms with E-state index in [4.69, 9.17) is 0 Å². The number of halogens is 2. The molecule has 2 N–H and O–H groups in total. The summed E-state index contributed by atoms with van der Waals surface area (Å²) in [6.45, 7) is 3.48. The Balaban J connectivity index is 1.96. The average molecular weight is 304 g/mol. The molecule has 0 saturated heterocycles. The molecule has 0 saturated carbocycles. The molecule has 0 bridgehead atoms. The number of hydrogen-bond donors (Lipinski definition) is 2. The van der Waals surface area contributed by atoms with Crippen LogP contribution in [0.25, 0.3) is 0 Å². The van der Waals surface area contributed by atoms with Gasteiger partial charge in [0.05, 0.1) is 6.04 Å². The minimum Gasteiger partial charge on any atom is -0.325 e. The zero-order chi connectivity index (χ0) is 16.1. The van der Waals surface area contributed by atoms with Crippen LogP contribution < -0.4 is 10.6 Å². The monoisotopic (exact) mass is 304 g/mol. The van der Waals surface area contributed by atoms with Crippen molar-refractivity contribution in [3.63, 3.8) is 0 Å². The maximum Gasteiger partial charge on any atom is 0.241 e. The molecule has 0 aliphatic rings. The predicted molar refractivity (Wildman–Crippen MR) is 82.4 cm³/mol. The molecule has 22 heavy (non-hydrogen) atoms. The summed E-state index contributed by atoms with van der Waals surface area (Å²) in [5, 5.41) is 5.72. The lowest BCUT2D eigenvalue weighted by molar-refractivity contribution is -0.117. The van der Waals surface area contributed by atoms with Gasteiger partial charge in [0.15, 0.2) is 0 Å². The summed E-state index contributed by atoms with van der Waals surface area (Å²) < 4.78 is 26.5. The number of amides is 1. The van der Waals surface area contributed by atoms with Gasteiger partial charge in [-0.2, -0.15) is 0 Å². The molecule has 2 aromatic rings. The van der Waals surface area contributed by atoms with Crippen molar-refractivity contribution in [2.24, 2.45) is 0 Å². The van der Waals surface area contributed by atoms with Crippen molar-refractivity contribution in [2.45, 2.75) is 25.9 Å². The number of hydrogen-bond acceptors (Lipinski definition) is 2. The van der Waals surface area contributed by atoms with Gasteiger partial charge in [0.25, 0.3) is 0 Å². The summed E-state index contributed by atoms with van der Waals surface area (Å²) in [7, 11) is 0. The zero-order valence-electron chi connectivity index (χ0n) is 12.4.